The summed E-state index contributed by atoms with van der Waals surface area (Å²) in [6, 6.07) is 16.6. The van der Waals surface area contributed by atoms with Crippen LogP contribution in [0.2, 0.25) is 24.7 Å². The van der Waals surface area contributed by atoms with Crippen molar-refractivity contribution in [2.45, 2.75) is 32.9 Å². The molecule has 2 aromatic rings. The van der Waals surface area contributed by atoms with Gasteiger partial charge >= 0.3 is 0 Å². The molecule has 3 heteroatoms. The van der Waals surface area contributed by atoms with E-state index in [4.69, 9.17) is 16.3 Å². The average Bonchev–Trinajstić information content (AvgIpc) is 2.41. The quantitative estimate of drug-likeness (QED) is 0.733. The number of rotatable bonds is 5. The predicted molar refractivity (Wildman–Crippen MR) is 89.4 cm³/mol. The van der Waals surface area contributed by atoms with Crippen LogP contribution >= 0.6 is 11.6 Å². The third-order valence-corrected chi connectivity index (χ3v) is 5.59. The van der Waals surface area contributed by atoms with Gasteiger partial charge in [-0.05, 0) is 23.3 Å². The number of hydrogen-bond donors (Lipinski definition) is 0. The van der Waals surface area contributed by atoms with E-state index >= 15 is 0 Å². The van der Waals surface area contributed by atoms with E-state index in [1.54, 1.807) is 0 Å². The van der Waals surface area contributed by atoms with Crippen LogP contribution < -0.4 is 5.19 Å². The smallest absolute Gasteiger partial charge is 0.0775 e. The molecule has 20 heavy (non-hydrogen) atoms. The zero-order valence-corrected chi connectivity index (χ0v) is 14.1. The Labute approximate surface area is 127 Å². The summed E-state index contributed by atoms with van der Waals surface area (Å²) in [5.74, 6) is 0. The van der Waals surface area contributed by atoms with E-state index in [1.807, 2.05) is 24.3 Å². The van der Waals surface area contributed by atoms with Crippen LogP contribution in [-0.4, -0.2) is 8.07 Å². The molecular formula is C17H21ClOSi. The Morgan fingerprint density at radius 2 is 1.25 bits per heavy atom. The highest BCUT2D eigenvalue weighted by molar-refractivity contribution is 6.88. The number of halogens is 1. The fraction of sp³-hybridized carbons (Fsp3) is 0.294. The Hall–Kier alpha value is -1.09. The van der Waals surface area contributed by atoms with E-state index in [0.29, 0.717) is 13.2 Å². The van der Waals surface area contributed by atoms with E-state index in [9.17, 15) is 0 Å². The maximum Gasteiger partial charge on any atom is 0.0775 e. The lowest BCUT2D eigenvalue weighted by atomic mass is 10.2. The van der Waals surface area contributed by atoms with Crippen LogP contribution in [0.4, 0.5) is 0 Å². The number of benzene rings is 2. The Morgan fingerprint density at radius 3 is 1.70 bits per heavy atom. The Morgan fingerprint density at radius 1 is 0.800 bits per heavy atom. The highest BCUT2D eigenvalue weighted by Crippen LogP contribution is 2.11. The van der Waals surface area contributed by atoms with Gasteiger partial charge in [0.25, 0.3) is 0 Å². The van der Waals surface area contributed by atoms with Gasteiger partial charge in [-0.25, -0.2) is 0 Å². The third-order valence-electron chi connectivity index (χ3n) is 3.27. The molecule has 0 bridgehead atoms. The largest absolute Gasteiger partial charge is 0.372 e. The van der Waals surface area contributed by atoms with Crippen molar-refractivity contribution in [3.8, 4) is 0 Å². The molecule has 0 aliphatic carbocycles. The molecule has 0 atom stereocenters. The molecule has 0 amide bonds. The summed E-state index contributed by atoms with van der Waals surface area (Å²) in [6.45, 7) is 8.35. The Balaban J connectivity index is 1.87. The first-order valence-corrected chi connectivity index (χ1v) is 10.7. The molecule has 0 saturated carbocycles. The molecule has 0 unspecified atom stereocenters. The molecule has 106 valence electrons. The van der Waals surface area contributed by atoms with E-state index < -0.39 is 8.07 Å². The molecule has 0 aromatic heterocycles. The van der Waals surface area contributed by atoms with E-state index in [-0.39, 0.29) is 0 Å². The van der Waals surface area contributed by atoms with Crippen molar-refractivity contribution in [2.24, 2.45) is 0 Å². The molecule has 0 N–H and O–H groups in total. The minimum atomic E-state index is -1.20. The van der Waals surface area contributed by atoms with Crippen LogP contribution in [0.25, 0.3) is 0 Å². The molecule has 0 fully saturated rings. The zero-order valence-electron chi connectivity index (χ0n) is 12.3. The molecule has 2 aromatic carbocycles. The zero-order chi connectivity index (χ0) is 14.6. The molecule has 1 nitrogen and oxygen atoms in total. The van der Waals surface area contributed by atoms with Crippen molar-refractivity contribution in [2.75, 3.05) is 0 Å². The minimum absolute atomic E-state index is 0.618. The SMILES string of the molecule is C[Si](C)(C)c1ccc(COCc2ccc(Cl)cc2)cc1. The van der Waals surface area contributed by atoms with Gasteiger partial charge in [-0.3, -0.25) is 0 Å². The highest BCUT2D eigenvalue weighted by Gasteiger charge is 2.15. The fourth-order valence-electron chi connectivity index (χ4n) is 1.97. The highest BCUT2D eigenvalue weighted by atomic mass is 35.5. The first-order valence-electron chi connectivity index (χ1n) is 6.87. The van der Waals surface area contributed by atoms with Crippen molar-refractivity contribution in [3.05, 3.63) is 64.7 Å². The molecule has 0 aliphatic rings. The normalized spacial score (nSPS) is 11.6. The van der Waals surface area contributed by atoms with E-state index in [2.05, 4.69) is 43.9 Å². The summed E-state index contributed by atoms with van der Waals surface area (Å²) in [5, 5.41) is 2.25. The monoisotopic (exact) mass is 304 g/mol. The van der Waals surface area contributed by atoms with Gasteiger partial charge in [-0.2, -0.15) is 0 Å². The number of hydrogen-bond acceptors (Lipinski definition) is 1. The van der Waals surface area contributed by atoms with Crippen molar-refractivity contribution in [1.82, 2.24) is 0 Å². The predicted octanol–water partition coefficient (Wildman–Crippen LogP) is 4.60. The van der Waals surface area contributed by atoms with E-state index in [1.165, 1.54) is 10.8 Å². The van der Waals surface area contributed by atoms with Crippen LogP contribution in [0, 0.1) is 0 Å². The molecule has 0 heterocycles. The maximum atomic E-state index is 5.86. The standard InChI is InChI=1S/C17H21ClOSi/c1-20(2,3)17-10-6-15(7-11-17)13-19-12-14-4-8-16(18)9-5-14/h4-11H,12-13H2,1-3H3. The second-order valence-corrected chi connectivity index (χ2v) is 11.6. The second kappa shape index (κ2) is 6.57. The second-order valence-electron chi connectivity index (χ2n) is 6.07. The van der Waals surface area contributed by atoms with Gasteiger partial charge in [-0.15, -0.1) is 0 Å². The maximum absolute atomic E-state index is 5.86. The third kappa shape index (κ3) is 4.48. The summed E-state index contributed by atoms with van der Waals surface area (Å²) >= 11 is 5.86. The molecule has 0 saturated heterocycles. The van der Waals surface area contributed by atoms with Gasteiger partial charge < -0.3 is 4.74 Å². The first kappa shape index (κ1) is 15.3. The lowest BCUT2D eigenvalue weighted by molar-refractivity contribution is 0.107. The van der Waals surface area contributed by atoms with Gasteiger partial charge in [0.15, 0.2) is 0 Å². The summed E-state index contributed by atoms with van der Waals surface area (Å²) in [4.78, 5) is 0. The summed E-state index contributed by atoms with van der Waals surface area (Å²) in [6.07, 6.45) is 0. The van der Waals surface area contributed by atoms with Crippen molar-refractivity contribution in [3.63, 3.8) is 0 Å². The lowest BCUT2D eigenvalue weighted by Crippen LogP contribution is -2.37. The topological polar surface area (TPSA) is 9.23 Å². The molecule has 0 spiro atoms. The fourth-order valence-corrected chi connectivity index (χ4v) is 3.26. The van der Waals surface area contributed by atoms with Gasteiger partial charge in [0.05, 0.1) is 21.3 Å². The van der Waals surface area contributed by atoms with Crippen molar-refractivity contribution in [1.29, 1.82) is 0 Å². The van der Waals surface area contributed by atoms with Gasteiger partial charge in [0, 0.05) is 5.02 Å². The Kier molecular flexibility index (Phi) is 5.03. The van der Waals surface area contributed by atoms with Gasteiger partial charge in [-0.1, -0.05) is 72.8 Å². The molecular weight excluding hydrogens is 284 g/mol. The summed E-state index contributed by atoms with van der Waals surface area (Å²) in [5.41, 5.74) is 2.37. The van der Waals surface area contributed by atoms with Crippen LogP contribution in [0.15, 0.2) is 48.5 Å². The van der Waals surface area contributed by atoms with Crippen LogP contribution in [0.3, 0.4) is 0 Å². The Bertz CT molecular complexity index is 541. The minimum Gasteiger partial charge on any atom is -0.372 e. The lowest BCUT2D eigenvalue weighted by Gasteiger charge is -2.16. The van der Waals surface area contributed by atoms with Gasteiger partial charge in [0.2, 0.25) is 0 Å². The van der Waals surface area contributed by atoms with Crippen LogP contribution in [0.1, 0.15) is 11.1 Å². The molecule has 0 aliphatic heterocycles. The van der Waals surface area contributed by atoms with Crippen molar-refractivity contribution < 1.29 is 4.74 Å². The summed E-state index contributed by atoms with van der Waals surface area (Å²) < 4.78 is 5.74. The average molecular weight is 305 g/mol. The van der Waals surface area contributed by atoms with Crippen molar-refractivity contribution >= 4 is 24.9 Å². The van der Waals surface area contributed by atoms with Crippen LogP contribution in [0.5, 0.6) is 0 Å². The summed E-state index contributed by atoms with van der Waals surface area (Å²) in [7, 11) is -1.20. The molecule has 2 rings (SSSR count). The molecule has 0 radical (unpaired) electrons. The van der Waals surface area contributed by atoms with E-state index in [0.717, 1.165) is 10.6 Å². The number of ether oxygens (including phenoxy) is 1. The van der Waals surface area contributed by atoms with Gasteiger partial charge in [0.1, 0.15) is 0 Å². The first-order chi connectivity index (χ1) is 9.45. The van der Waals surface area contributed by atoms with Crippen LogP contribution in [-0.2, 0) is 18.0 Å².